The van der Waals surface area contributed by atoms with Crippen LogP contribution >= 0.6 is 11.6 Å². The summed E-state index contributed by atoms with van der Waals surface area (Å²) in [4.78, 5) is 10.9. The van der Waals surface area contributed by atoms with E-state index in [1.54, 1.807) is 24.3 Å². The number of benzene rings is 2. The van der Waals surface area contributed by atoms with Crippen LogP contribution in [0.3, 0.4) is 0 Å². The first-order valence-electron chi connectivity index (χ1n) is 4.75. The maximum atomic E-state index is 10.9. The number of rotatable bonds is 3. The highest BCUT2D eigenvalue weighted by Gasteiger charge is 2.08. The quantitative estimate of drug-likeness (QED) is 0.588. The third-order valence-electron chi connectivity index (χ3n) is 2.14. The molecular formula is C12H9ClN2O. The number of anilines is 2. The number of para-hydroxylation sites is 1. The fourth-order valence-corrected chi connectivity index (χ4v) is 1.60. The van der Waals surface area contributed by atoms with Gasteiger partial charge < -0.3 is 0 Å². The molecule has 0 saturated carbocycles. The summed E-state index contributed by atoms with van der Waals surface area (Å²) in [6.07, 6.45) is 0. The summed E-state index contributed by atoms with van der Waals surface area (Å²) < 4.78 is 0. The smallest absolute Gasteiger partial charge is 0.0699 e. The second-order valence-electron chi connectivity index (χ2n) is 3.21. The van der Waals surface area contributed by atoms with Crippen LogP contribution in [-0.2, 0) is 0 Å². The molecule has 80 valence electrons. The van der Waals surface area contributed by atoms with Crippen LogP contribution < -0.4 is 5.01 Å². The molecule has 0 aromatic heterocycles. The van der Waals surface area contributed by atoms with E-state index in [2.05, 4.69) is 5.29 Å². The number of nitroso groups, excluding NO2 is 1. The Labute approximate surface area is 98.2 Å². The van der Waals surface area contributed by atoms with Gasteiger partial charge in [0.05, 0.1) is 16.7 Å². The van der Waals surface area contributed by atoms with Crippen molar-refractivity contribution in [1.82, 2.24) is 0 Å². The van der Waals surface area contributed by atoms with Crippen LogP contribution in [0, 0.1) is 4.91 Å². The lowest BCUT2D eigenvalue weighted by Gasteiger charge is -2.15. The van der Waals surface area contributed by atoms with E-state index in [1.165, 1.54) is 5.01 Å². The molecule has 0 amide bonds. The minimum absolute atomic E-state index is 0.571. The minimum Gasteiger partial charge on any atom is -0.197 e. The largest absolute Gasteiger partial charge is 0.197 e. The summed E-state index contributed by atoms with van der Waals surface area (Å²) in [5, 5.41) is 4.86. The second kappa shape index (κ2) is 4.77. The number of hydrogen-bond donors (Lipinski definition) is 0. The molecule has 0 spiro atoms. The topological polar surface area (TPSA) is 32.7 Å². The van der Waals surface area contributed by atoms with Crippen molar-refractivity contribution in [3.8, 4) is 0 Å². The Bertz CT molecular complexity index is 487. The van der Waals surface area contributed by atoms with Gasteiger partial charge in [-0.1, -0.05) is 35.9 Å². The number of hydrogen-bond acceptors (Lipinski definition) is 2. The van der Waals surface area contributed by atoms with Crippen molar-refractivity contribution in [1.29, 1.82) is 0 Å². The molecule has 0 heterocycles. The zero-order valence-corrected chi connectivity index (χ0v) is 9.13. The Kier molecular flexibility index (Phi) is 3.17. The molecule has 2 aromatic carbocycles. The van der Waals surface area contributed by atoms with Gasteiger partial charge >= 0.3 is 0 Å². The van der Waals surface area contributed by atoms with Gasteiger partial charge in [0.2, 0.25) is 0 Å². The van der Waals surface area contributed by atoms with Crippen molar-refractivity contribution in [2.45, 2.75) is 0 Å². The SMILES string of the molecule is O=NN(c1ccccc1)c1cccc(Cl)c1. The Morgan fingerprint density at radius 3 is 2.25 bits per heavy atom. The van der Waals surface area contributed by atoms with E-state index < -0.39 is 0 Å². The van der Waals surface area contributed by atoms with Gasteiger partial charge in [0.1, 0.15) is 0 Å². The lowest BCUT2D eigenvalue weighted by atomic mass is 10.2. The Morgan fingerprint density at radius 2 is 1.62 bits per heavy atom. The van der Waals surface area contributed by atoms with Crippen LogP contribution in [0.5, 0.6) is 0 Å². The standard InChI is InChI=1S/C12H9ClN2O/c13-10-5-4-8-12(9-10)15(14-16)11-6-2-1-3-7-11/h1-9H. The average Bonchev–Trinajstić information content (AvgIpc) is 2.31. The molecule has 2 aromatic rings. The van der Waals surface area contributed by atoms with Crippen LogP contribution in [0.15, 0.2) is 59.9 Å². The molecule has 0 saturated heterocycles. The van der Waals surface area contributed by atoms with Crippen LogP contribution in [0.4, 0.5) is 11.4 Å². The van der Waals surface area contributed by atoms with Gasteiger partial charge in [-0.3, -0.25) is 0 Å². The van der Waals surface area contributed by atoms with Gasteiger partial charge in [-0.05, 0) is 30.3 Å². The van der Waals surface area contributed by atoms with E-state index in [1.807, 2.05) is 30.3 Å². The maximum Gasteiger partial charge on any atom is 0.0699 e. The van der Waals surface area contributed by atoms with Crippen molar-refractivity contribution >= 4 is 23.0 Å². The molecule has 0 bridgehead atoms. The van der Waals surface area contributed by atoms with Crippen molar-refractivity contribution in [3.63, 3.8) is 0 Å². The first kappa shape index (κ1) is 10.6. The molecule has 0 aliphatic heterocycles. The predicted octanol–water partition coefficient (Wildman–Crippen LogP) is 4.16. The molecule has 2 rings (SSSR count). The summed E-state index contributed by atoms with van der Waals surface area (Å²) in [5.41, 5.74) is 1.36. The normalized spacial score (nSPS) is 9.81. The van der Waals surface area contributed by atoms with E-state index in [9.17, 15) is 4.91 Å². The van der Waals surface area contributed by atoms with Gasteiger partial charge in [0.25, 0.3) is 0 Å². The monoisotopic (exact) mass is 232 g/mol. The highest BCUT2D eigenvalue weighted by atomic mass is 35.5. The molecule has 0 N–H and O–H groups in total. The zero-order chi connectivity index (χ0) is 11.4. The van der Waals surface area contributed by atoms with Crippen LogP contribution in [-0.4, -0.2) is 0 Å². The second-order valence-corrected chi connectivity index (χ2v) is 3.65. The lowest BCUT2D eigenvalue weighted by Crippen LogP contribution is -2.06. The van der Waals surface area contributed by atoms with Crippen molar-refractivity contribution < 1.29 is 0 Å². The van der Waals surface area contributed by atoms with Crippen molar-refractivity contribution in [2.75, 3.05) is 5.01 Å². The number of halogens is 1. The zero-order valence-electron chi connectivity index (χ0n) is 8.38. The summed E-state index contributed by atoms with van der Waals surface area (Å²) in [5.74, 6) is 0. The lowest BCUT2D eigenvalue weighted by molar-refractivity contribution is 1.07. The van der Waals surface area contributed by atoms with E-state index >= 15 is 0 Å². The molecular weight excluding hydrogens is 224 g/mol. The third kappa shape index (κ3) is 2.20. The fraction of sp³-hybridized carbons (Fsp3) is 0. The Balaban J connectivity index is 2.41. The molecule has 0 atom stereocenters. The molecule has 0 aliphatic rings. The summed E-state index contributed by atoms with van der Waals surface area (Å²) >= 11 is 5.86. The molecule has 0 aliphatic carbocycles. The van der Waals surface area contributed by atoms with Crippen LogP contribution in [0.1, 0.15) is 0 Å². The number of nitrogens with zero attached hydrogens (tertiary/aromatic N) is 2. The average molecular weight is 233 g/mol. The van der Waals surface area contributed by atoms with Crippen LogP contribution in [0.2, 0.25) is 5.02 Å². The van der Waals surface area contributed by atoms with E-state index in [0.717, 1.165) is 0 Å². The van der Waals surface area contributed by atoms with Crippen molar-refractivity contribution in [2.24, 2.45) is 5.29 Å². The molecule has 0 fully saturated rings. The minimum atomic E-state index is 0.571. The molecule has 4 heteroatoms. The molecule has 0 unspecified atom stereocenters. The van der Waals surface area contributed by atoms with Gasteiger partial charge in [0.15, 0.2) is 0 Å². The van der Waals surface area contributed by atoms with Crippen LogP contribution in [0.25, 0.3) is 0 Å². The van der Waals surface area contributed by atoms with Gasteiger partial charge in [-0.15, -0.1) is 4.91 Å². The third-order valence-corrected chi connectivity index (χ3v) is 2.37. The van der Waals surface area contributed by atoms with Gasteiger partial charge in [0, 0.05) is 5.02 Å². The maximum absolute atomic E-state index is 10.9. The Morgan fingerprint density at radius 1 is 0.938 bits per heavy atom. The van der Waals surface area contributed by atoms with E-state index in [0.29, 0.717) is 16.4 Å². The molecule has 0 radical (unpaired) electrons. The summed E-state index contributed by atoms with van der Waals surface area (Å²) in [6.45, 7) is 0. The summed E-state index contributed by atoms with van der Waals surface area (Å²) in [7, 11) is 0. The molecule has 3 nitrogen and oxygen atoms in total. The first-order valence-corrected chi connectivity index (χ1v) is 5.13. The van der Waals surface area contributed by atoms with Gasteiger partial charge in [-0.25, -0.2) is 0 Å². The van der Waals surface area contributed by atoms with Crippen molar-refractivity contribution in [3.05, 3.63) is 64.5 Å². The van der Waals surface area contributed by atoms with E-state index in [4.69, 9.17) is 11.6 Å². The molecule has 16 heavy (non-hydrogen) atoms. The van der Waals surface area contributed by atoms with Gasteiger partial charge in [-0.2, -0.15) is 5.01 Å². The summed E-state index contributed by atoms with van der Waals surface area (Å²) in [6, 6.07) is 16.2. The Hall–Kier alpha value is -1.87. The first-order chi connectivity index (χ1) is 7.81. The van der Waals surface area contributed by atoms with E-state index in [-0.39, 0.29) is 0 Å². The fourth-order valence-electron chi connectivity index (χ4n) is 1.42. The predicted molar refractivity (Wildman–Crippen MR) is 65.8 cm³/mol. The highest BCUT2D eigenvalue weighted by molar-refractivity contribution is 6.30. The highest BCUT2D eigenvalue weighted by Crippen LogP contribution is 2.27.